The van der Waals surface area contributed by atoms with E-state index in [1.807, 2.05) is 67.6 Å². The monoisotopic (exact) mass is 698 g/mol. The van der Waals surface area contributed by atoms with Crippen LogP contribution in [0.3, 0.4) is 0 Å². The van der Waals surface area contributed by atoms with Gasteiger partial charge in [0, 0.05) is 48.4 Å². The Labute approximate surface area is 289 Å². The second kappa shape index (κ2) is 10.9. The molecule has 256 valence electrons. The smallest absolute Gasteiger partial charge is 0.210 e. The van der Waals surface area contributed by atoms with Gasteiger partial charge in [-0.25, -0.2) is 21.3 Å². The zero-order valence-electron chi connectivity index (χ0n) is 28.7. The zero-order valence-corrected chi connectivity index (χ0v) is 30.4. The van der Waals surface area contributed by atoms with Crippen LogP contribution in [0, 0.1) is 0 Å². The van der Waals surface area contributed by atoms with Gasteiger partial charge in [-0.05, 0) is 74.4 Å². The van der Waals surface area contributed by atoms with Crippen molar-refractivity contribution in [1.29, 1.82) is 0 Å². The molecule has 10 heteroatoms. The summed E-state index contributed by atoms with van der Waals surface area (Å²) in [4.78, 5) is -1.57. The van der Waals surface area contributed by atoms with E-state index in [-0.39, 0.29) is 23.4 Å². The standard InChI is InChI=1S/C39H42N2O6S2/c1-26(22-25-48(42,43)44)40-31-20-18-27-12-7-9-14-29(27)35(31)37(2,3)33(40)16-11-17-34-38(4,5)36-30-15-10-8-13-28(30)19-21-32(36)41(34)24-23-39(41,6)49(45,46)47/h7-21,26H,22-25H2,1-6H3. The van der Waals surface area contributed by atoms with Gasteiger partial charge >= 0.3 is 0 Å². The van der Waals surface area contributed by atoms with Crippen molar-refractivity contribution < 1.29 is 30.5 Å². The minimum Gasteiger partial charge on any atom is -0.748 e. The molecule has 0 aliphatic carbocycles. The van der Waals surface area contributed by atoms with Gasteiger partial charge in [0.2, 0.25) is 10.6 Å². The summed E-state index contributed by atoms with van der Waals surface area (Å²) in [5.41, 5.74) is 4.60. The zero-order chi connectivity index (χ0) is 35.4. The Bertz CT molecular complexity index is 2390. The molecule has 3 aliphatic heterocycles. The van der Waals surface area contributed by atoms with Crippen LogP contribution in [0.4, 0.5) is 11.4 Å². The Morgan fingerprint density at radius 3 is 1.98 bits per heavy atom. The Kier molecular flexibility index (Phi) is 7.53. The number of nitrogens with zero attached hydrogens (tertiary/aromatic N) is 2. The minimum atomic E-state index is -4.72. The highest BCUT2D eigenvalue weighted by molar-refractivity contribution is 7.87. The first kappa shape index (κ1) is 33.8. The number of hydrogen-bond acceptors (Lipinski definition) is 6. The summed E-state index contributed by atoms with van der Waals surface area (Å²) in [5, 5.41) is 4.28. The molecule has 3 atom stereocenters. The van der Waals surface area contributed by atoms with Gasteiger partial charge in [-0.15, -0.1) is 0 Å². The summed E-state index contributed by atoms with van der Waals surface area (Å²) in [6, 6.07) is 24.1. The van der Waals surface area contributed by atoms with Crippen molar-refractivity contribution in [3.8, 4) is 0 Å². The maximum absolute atomic E-state index is 13.1. The number of allylic oxidation sites excluding steroid dienone is 4. The van der Waals surface area contributed by atoms with Crippen molar-refractivity contribution >= 4 is 58.9 Å². The lowest BCUT2D eigenvalue weighted by molar-refractivity contribution is -0.477. The number of benzene rings is 4. The van der Waals surface area contributed by atoms with E-state index < -0.39 is 41.7 Å². The quantitative estimate of drug-likeness (QED) is 0.116. The molecule has 1 fully saturated rings. The van der Waals surface area contributed by atoms with Gasteiger partial charge in [0.1, 0.15) is 11.4 Å². The van der Waals surface area contributed by atoms with E-state index in [4.69, 9.17) is 0 Å². The van der Waals surface area contributed by atoms with Crippen molar-refractivity contribution in [3.05, 3.63) is 108 Å². The lowest BCUT2D eigenvalue weighted by Gasteiger charge is -2.58. The molecule has 1 spiro atoms. The highest BCUT2D eigenvalue weighted by atomic mass is 32.2. The van der Waals surface area contributed by atoms with Crippen LogP contribution >= 0.6 is 0 Å². The van der Waals surface area contributed by atoms with Gasteiger partial charge in [-0.2, -0.15) is 4.58 Å². The van der Waals surface area contributed by atoms with E-state index in [0.717, 1.165) is 55.5 Å². The van der Waals surface area contributed by atoms with Gasteiger partial charge in [-0.1, -0.05) is 54.6 Å². The molecule has 0 aromatic heterocycles. The van der Waals surface area contributed by atoms with Gasteiger partial charge < -0.3 is 9.11 Å². The molecule has 0 N–H and O–H groups in total. The molecule has 3 aliphatic rings. The summed E-state index contributed by atoms with van der Waals surface area (Å²) in [5.74, 6) is -0.474. The van der Waals surface area contributed by atoms with E-state index in [2.05, 4.69) is 62.6 Å². The van der Waals surface area contributed by atoms with Crippen LogP contribution in [0.5, 0.6) is 0 Å². The lowest BCUT2D eigenvalue weighted by atomic mass is 9.78. The van der Waals surface area contributed by atoms with Gasteiger partial charge in [0.15, 0.2) is 21.9 Å². The third-order valence-corrected chi connectivity index (χ3v) is 14.0. The van der Waals surface area contributed by atoms with E-state index in [9.17, 15) is 25.9 Å². The predicted octanol–water partition coefficient (Wildman–Crippen LogP) is 7.10. The predicted molar refractivity (Wildman–Crippen MR) is 194 cm³/mol. The Morgan fingerprint density at radius 1 is 0.816 bits per heavy atom. The fraction of sp³-hybridized carbons (Fsp3) is 0.359. The number of hydrogen-bond donors (Lipinski definition) is 0. The first-order chi connectivity index (χ1) is 22.9. The molecular weight excluding hydrogens is 657 g/mol. The maximum atomic E-state index is 13.1. The molecule has 4 aromatic carbocycles. The number of fused-ring (bicyclic) bond motifs is 7. The Morgan fingerprint density at radius 2 is 1.41 bits per heavy atom. The van der Waals surface area contributed by atoms with Crippen LogP contribution in [0.25, 0.3) is 21.5 Å². The van der Waals surface area contributed by atoms with Crippen molar-refractivity contribution in [2.45, 2.75) is 76.1 Å². The van der Waals surface area contributed by atoms with E-state index >= 15 is 0 Å². The summed E-state index contributed by atoms with van der Waals surface area (Å²) in [6.07, 6.45) is 6.38. The maximum Gasteiger partial charge on any atom is 0.210 e. The SMILES string of the molecule is CC(CCS(=O)(=O)[O-])[N+]1=C(C=CC=C2C(C)(C)c3c(ccc4ccccc34)[N+]23CCC3(C)S(=O)(=O)[O-])C(C)(C)c2c1ccc1ccccc21. The molecule has 1 saturated heterocycles. The van der Waals surface area contributed by atoms with Crippen LogP contribution in [-0.4, -0.2) is 59.4 Å². The summed E-state index contributed by atoms with van der Waals surface area (Å²) in [7, 11) is -9.13. The van der Waals surface area contributed by atoms with Crippen LogP contribution in [0.1, 0.15) is 65.5 Å². The highest BCUT2D eigenvalue weighted by Crippen LogP contribution is 2.63. The average Bonchev–Trinajstić information content (AvgIpc) is 3.40. The fourth-order valence-corrected chi connectivity index (χ4v) is 10.8. The minimum absolute atomic E-state index is 0.0403. The topological polar surface area (TPSA) is 117 Å². The van der Waals surface area contributed by atoms with E-state index in [0.29, 0.717) is 6.54 Å². The number of rotatable bonds is 7. The second-order valence-electron chi connectivity index (χ2n) is 15.1. The van der Waals surface area contributed by atoms with Gasteiger partial charge in [0.25, 0.3) is 0 Å². The molecule has 3 heterocycles. The Hall–Kier alpha value is -3.67. The lowest BCUT2D eigenvalue weighted by Crippen LogP contribution is -2.76. The molecule has 7 rings (SSSR count). The molecule has 8 nitrogen and oxygen atoms in total. The molecule has 4 aromatic rings. The molecular formula is C39H42N2O6S2. The molecule has 49 heavy (non-hydrogen) atoms. The summed E-state index contributed by atoms with van der Waals surface area (Å²) < 4.78 is 76.4. The average molecular weight is 699 g/mol. The van der Waals surface area contributed by atoms with Crippen LogP contribution in [0.15, 0.2) is 96.7 Å². The molecule has 0 amide bonds. The molecule has 3 unspecified atom stereocenters. The molecule has 0 radical (unpaired) electrons. The normalized spacial score (nSPS) is 25.8. The fourth-order valence-electron chi connectivity index (χ4n) is 9.14. The van der Waals surface area contributed by atoms with E-state index in [1.54, 1.807) is 6.92 Å². The van der Waals surface area contributed by atoms with Gasteiger partial charge in [-0.3, -0.25) is 0 Å². The van der Waals surface area contributed by atoms with Crippen LogP contribution < -0.4 is 4.48 Å². The third-order valence-electron chi connectivity index (χ3n) is 11.7. The first-order valence-corrected chi connectivity index (χ1v) is 19.7. The van der Waals surface area contributed by atoms with Crippen LogP contribution in [0.2, 0.25) is 0 Å². The summed E-state index contributed by atoms with van der Waals surface area (Å²) >= 11 is 0. The van der Waals surface area contributed by atoms with Crippen LogP contribution in [-0.2, 0) is 31.1 Å². The van der Waals surface area contributed by atoms with Crippen molar-refractivity contribution in [3.63, 3.8) is 0 Å². The van der Waals surface area contributed by atoms with Crippen molar-refractivity contribution in [1.82, 2.24) is 4.48 Å². The van der Waals surface area contributed by atoms with Crippen molar-refractivity contribution in [2.75, 3.05) is 12.3 Å². The molecule has 0 saturated carbocycles. The number of quaternary nitrogens is 1. The first-order valence-electron chi connectivity index (χ1n) is 16.7. The largest absolute Gasteiger partial charge is 0.748 e. The third kappa shape index (κ3) is 4.75. The highest BCUT2D eigenvalue weighted by Gasteiger charge is 2.71. The van der Waals surface area contributed by atoms with E-state index in [1.165, 1.54) is 0 Å². The van der Waals surface area contributed by atoms with Gasteiger partial charge in [0.05, 0.1) is 33.9 Å². The van der Waals surface area contributed by atoms with Crippen molar-refractivity contribution in [2.24, 2.45) is 0 Å². The second-order valence-corrected chi connectivity index (χ2v) is 18.4. The molecule has 0 bridgehead atoms. The Balaban J connectivity index is 1.43. The summed E-state index contributed by atoms with van der Waals surface area (Å²) in [6.45, 7) is 12.5.